The Morgan fingerprint density at radius 2 is 2.05 bits per heavy atom. The number of rotatable bonds is 2. The van der Waals surface area contributed by atoms with Crippen molar-refractivity contribution in [3.05, 3.63) is 46.7 Å². The summed E-state index contributed by atoms with van der Waals surface area (Å²) in [4.78, 5) is 4.41. The Balaban J connectivity index is 2.16. The smallest absolute Gasteiger partial charge is 0.155 e. The molecule has 0 unspecified atom stereocenters. The zero-order chi connectivity index (χ0) is 13.4. The van der Waals surface area contributed by atoms with Gasteiger partial charge in [-0.15, -0.1) is 0 Å². The van der Waals surface area contributed by atoms with Gasteiger partial charge < -0.3 is 4.74 Å². The number of hydrogen-bond donors (Lipinski definition) is 0. The van der Waals surface area contributed by atoms with Crippen molar-refractivity contribution < 1.29 is 4.74 Å². The Morgan fingerprint density at radius 1 is 1.21 bits per heavy atom. The van der Waals surface area contributed by atoms with E-state index in [1.54, 1.807) is 11.6 Å². The van der Waals surface area contributed by atoms with Gasteiger partial charge in [-0.05, 0) is 47.1 Å². The first-order chi connectivity index (χ1) is 9.19. The number of fused-ring (bicyclic) bond motifs is 1. The van der Waals surface area contributed by atoms with E-state index in [1.807, 2.05) is 43.3 Å². The Hall–Kier alpha value is -1.88. The zero-order valence-electron chi connectivity index (χ0n) is 10.6. The second-order valence-electron chi connectivity index (χ2n) is 4.21. The van der Waals surface area contributed by atoms with E-state index in [1.165, 1.54) is 0 Å². The number of hydrogen-bond acceptors (Lipinski definition) is 3. The van der Waals surface area contributed by atoms with Crippen LogP contribution in [-0.4, -0.2) is 21.7 Å². The van der Waals surface area contributed by atoms with Crippen LogP contribution in [0.1, 0.15) is 5.69 Å². The predicted molar refractivity (Wildman–Crippen MR) is 77.4 cm³/mol. The molecular weight excluding hydrogens is 306 g/mol. The molecule has 4 nitrogen and oxygen atoms in total. The maximum absolute atomic E-state index is 5.24. The van der Waals surface area contributed by atoms with E-state index >= 15 is 0 Å². The van der Waals surface area contributed by atoms with Gasteiger partial charge in [-0.25, -0.2) is 9.50 Å². The first-order valence-electron chi connectivity index (χ1n) is 5.85. The maximum Gasteiger partial charge on any atom is 0.155 e. The summed E-state index contributed by atoms with van der Waals surface area (Å²) >= 11 is 3.50. The Kier molecular flexibility index (Phi) is 2.98. The Bertz CT molecular complexity index is 752. The van der Waals surface area contributed by atoms with Crippen LogP contribution in [0.15, 0.2) is 41.0 Å². The summed E-state index contributed by atoms with van der Waals surface area (Å²) in [5, 5.41) is 4.59. The highest BCUT2D eigenvalue weighted by Gasteiger charge is 2.08. The highest BCUT2D eigenvalue weighted by Crippen LogP contribution is 2.24. The van der Waals surface area contributed by atoms with Gasteiger partial charge in [0.2, 0.25) is 0 Å². The predicted octanol–water partition coefficient (Wildman–Crippen LogP) is 3.48. The van der Waals surface area contributed by atoms with Crippen molar-refractivity contribution >= 4 is 21.6 Å². The number of ether oxygens (including phenoxy) is 1. The average Bonchev–Trinajstić information content (AvgIpc) is 2.74. The third-order valence-electron chi connectivity index (χ3n) is 2.95. The van der Waals surface area contributed by atoms with Crippen LogP contribution in [0.4, 0.5) is 0 Å². The minimum atomic E-state index is 0.820. The average molecular weight is 318 g/mol. The monoisotopic (exact) mass is 317 g/mol. The summed E-state index contributed by atoms with van der Waals surface area (Å²) in [5.41, 5.74) is 3.65. The molecule has 0 saturated carbocycles. The molecule has 1 aromatic carbocycles. The molecule has 19 heavy (non-hydrogen) atoms. The minimum absolute atomic E-state index is 0.820. The van der Waals surface area contributed by atoms with Crippen molar-refractivity contribution in [3.8, 4) is 17.0 Å². The van der Waals surface area contributed by atoms with Crippen molar-refractivity contribution in [1.29, 1.82) is 0 Å². The molecule has 5 heteroatoms. The zero-order valence-corrected chi connectivity index (χ0v) is 12.2. The molecule has 3 aromatic rings. The number of aromatic nitrogens is 3. The second kappa shape index (κ2) is 4.66. The maximum atomic E-state index is 5.24. The first-order valence-corrected chi connectivity index (χ1v) is 6.64. The van der Waals surface area contributed by atoms with Crippen molar-refractivity contribution in [2.45, 2.75) is 6.92 Å². The van der Waals surface area contributed by atoms with Gasteiger partial charge in [0.1, 0.15) is 10.4 Å². The van der Waals surface area contributed by atoms with Crippen molar-refractivity contribution in [2.24, 2.45) is 0 Å². The van der Waals surface area contributed by atoms with Crippen molar-refractivity contribution in [2.75, 3.05) is 7.11 Å². The van der Waals surface area contributed by atoms with Crippen LogP contribution >= 0.6 is 15.9 Å². The molecule has 0 aliphatic rings. The lowest BCUT2D eigenvalue weighted by Gasteiger charge is -2.04. The molecular formula is C14H12BrN3O. The fraction of sp³-hybridized carbons (Fsp3) is 0.143. The van der Waals surface area contributed by atoms with Gasteiger partial charge in [0.15, 0.2) is 5.65 Å². The number of nitrogens with zero attached hydrogens (tertiary/aromatic N) is 3. The van der Waals surface area contributed by atoms with E-state index in [0.29, 0.717) is 0 Å². The first kappa shape index (κ1) is 12.2. The Morgan fingerprint density at radius 3 is 2.84 bits per heavy atom. The largest absolute Gasteiger partial charge is 0.497 e. The van der Waals surface area contributed by atoms with E-state index < -0.39 is 0 Å². The van der Waals surface area contributed by atoms with Crippen LogP contribution in [-0.2, 0) is 0 Å². The van der Waals surface area contributed by atoms with E-state index in [9.17, 15) is 0 Å². The van der Waals surface area contributed by atoms with Gasteiger partial charge >= 0.3 is 0 Å². The summed E-state index contributed by atoms with van der Waals surface area (Å²) < 4.78 is 7.91. The van der Waals surface area contributed by atoms with Gasteiger partial charge in [0.05, 0.1) is 18.5 Å². The lowest BCUT2D eigenvalue weighted by Crippen LogP contribution is -1.95. The van der Waals surface area contributed by atoms with Gasteiger partial charge in [-0.1, -0.05) is 12.1 Å². The molecule has 96 valence electrons. The van der Waals surface area contributed by atoms with Crippen molar-refractivity contribution in [1.82, 2.24) is 14.6 Å². The molecule has 0 fully saturated rings. The Labute approximate surface area is 119 Å². The number of benzene rings is 1. The second-order valence-corrected chi connectivity index (χ2v) is 4.96. The van der Waals surface area contributed by atoms with E-state index in [4.69, 9.17) is 4.74 Å². The molecule has 3 rings (SSSR count). The summed E-state index contributed by atoms with van der Waals surface area (Å²) in [6, 6.07) is 11.8. The molecule has 0 bridgehead atoms. The summed E-state index contributed by atoms with van der Waals surface area (Å²) in [6.45, 7) is 1.95. The molecule has 2 aromatic heterocycles. The quantitative estimate of drug-likeness (QED) is 0.726. The fourth-order valence-electron chi connectivity index (χ4n) is 1.95. The number of imidazole rings is 1. The van der Waals surface area contributed by atoms with Crippen LogP contribution < -0.4 is 4.74 Å². The standard InChI is InChI=1S/C14H12BrN3O/c1-9-14(15)18-13(16-9)7-6-12(17-18)10-4-3-5-11(8-10)19-2/h3-8H,1-2H3. The van der Waals surface area contributed by atoms with Crippen molar-refractivity contribution in [3.63, 3.8) is 0 Å². The summed E-state index contributed by atoms with van der Waals surface area (Å²) in [7, 11) is 1.66. The van der Waals surface area contributed by atoms with Crippen LogP contribution in [0.2, 0.25) is 0 Å². The van der Waals surface area contributed by atoms with Gasteiger partial charge in [-0.3, -0.25) is 0 Å². The van der Waals surface area contributed by atoms with Gasteiger partial charge in [0.25, 0.3) is 0 Å². The molecule has 0 atom stereocenters. The molecule has 0 saturated heterocycles. The van der Waals surface area contributed by atoms with Crippen LogP contribution in [0.3, 0.4) is 0 Å². The molecule has 0 radical (unpaired) electrons. The SMILES string of the molecule is COc1cccc(-c2ccc3nc(C)c(Br)n3n2)c1. The third kappa shape index (κ3) is 2.10. The molecule has 2 heterocycles. The minimum Gasteiger partial charge on any atom is -0.497 e. The molecule has 0 spiro atoms. The highest BCUT2D eigenvalue weighted by atomic mass is 79.9. The molecule has 0 amide bonds. The number of methoxy groups -OCH3 is 1. The number of aryl methyl sites for hydroxylation is 1. The molecule has 0 aliphatic carbocycles. The van der Waals surface area contributed by atoms with Gasteiger partial charge in [-0.2, -0.15) is 5.10 Å². The fourth-order valence-corrected chi connectivity index (χ4v) is 2.30. The van der Waals surface area contributed by atoms with E-state index in [0.717, 1.165) is 33.0 Å². The lowest BCUT2D eigenvalue weighted by atomic mass is 10.1. The lowest BCUT2D eigenvalue weighted by molar-refractivity contribution is 0.415. The normalized spacial score (nSPS) is 10.9. The highest BCUT2D eigenvalue weighted by molar-refractivity contribution is 9.10. The van der Waals surface area contributed by atoms with Crippen LogP contribution in [0, 0.1) is 6.92 Å². The van der Waals surface area contributed by atoms with E-state index in [-0.39, 0.29) is 0 Å². The topological polar surface area (TPSA) is 39.4 Å². The molecule has 0 aliphatic heterocycles. The molecule has 0 N–H and O–H groups in total. The van der Waals surface area contributed by atoms with Gasteiger partial charge in [0, 0.05) is 5.56 Å². The summed E-state index contributed by atoms with van der Waals surface area (Å²) in [6.07, 6.45) is 0. The summed E-state index contributed by atoms with van der Waals surface area (Å²) in [5.74, 6) is 0.820. The van der Waals surface area contributed by atoms with E-state index in [2.05, 4.69) is 26.0 Å². The van der Waals surface area contributed by atoms with Crippen LogP contribution in [0.25, 0.3) is 16.9 Å². The number of halogens is 1. The third-order valence-corrected chi connectivity index (χ3v) is 3.86. The van der Waals surface area contributed by atoms with Crippen LogP contribution in [0.5, 0.6) is 5.75 Å².